The first-order valence-electron chi connectivity index (χ1n) is 8.74. The molecule has 6 heteroatoms. The lowest BCUT2D eigenvalue weighted by atomic mass is 9.86. The van der Waals surface area contributed by atoms with Gasteiger partial charge in [-0.05, 0) is 30.5 Å². The van der Waals surface area contributed by atoms with Crippen molar-refractivity contribution in [3.63, 3.8) is 0 Å². The fourth-order valence-corrected chi connectivity index (χ4v) is 9.73. The topological polar surface area (TPSA) is 64.6 Å². The molecular formula is C17H33NO4Si. The van der Waals surface area contributed by atoms with Gasteiger partial charge in [-0.1, -0.05) is 41.5 Å². The first-order valence-corrected chi connectivity index (χ1v) is 10.9. The van der Waals surface area contributed by atoms with Gasteiger partial charge >= 0.3 is 5.97 Å². The highest BCUT2D eigenvalue weighted by atomic mass is 28.4. The van der Waals surface area contributed by atoms with Crippen LogP contribution in [0.5, 0.6) is 0 Å². The Morgan fingerprint density at radius 2 is 1.57 bits per heavy atom. The van der Waals surface area contributed by atoms with Gasteiger partial charge in [0, 0.05) is 0 Å². The van der Waals surface area contributed by atoms with Gasteiger partial charge in [0.05, 0.1) is 18.6 Å². The van der Waals surface area contributed by atoms with Gasteiger partial charge in [-0.2, -0.15) is 0 Å². The van der Waals surface area contributed by atoms with E-state index in [4.69, 9.17) is 9.16 Å². The summed E-state index contributed by atoms with van der Waals surface area (Å²) in [6.45, 7) is 17.3. The predicted octanol–water partition coefficient (Wildman–Crippen LogP) is 3.24. The molecule has 134 valence electrons. The molecule has 0 aromatic rings. The molecule has 1 aliphatic heterocycles. The predicted molar refractivity (Wildman–Crippen MR) is 93.6 cm³/mol. The molecule has 0 bridgehead atoms. The van der Waals surface area contributed by atoms with Crippen LogP contribution in [-0.4, -0.2) is 38.9 Å². The smallest absolute Gasteiger partial charge is 0.329 e. The molecule has 0 radical (unpaired) electrons. The normalized spacial score (nSPS) is 23.0. The van der Waals surface area contributed by atoms with Crippen molar-refractivity contribution in [1.82, 2.24) is 5.32 Å². The molecule has 1 unspecified atom stereocenters. The second-order valence-electron chi connectivity index (χ2n) is 7.40. The Morgan fingerprint density at radius 1 is 1.09 bits per heavy atom. The molecule has 0 aromatic carbocycles. The van der Waals surface area contributed by atoms with E-state index in [1.54, 1.807) is 6.92 Å². The zero-order valence-electron chi connectivity index (χ0n) is 15.8. The van der Waals surface area contributed by atoms with Gasteiger partial charge < -0.3 is 14.5 Å². The summed E-state index contributed by atoms with van der Waals surface area (Å²) >= 11 is 0. The monoisotopic (exact) mass is 343 g/mol. The molecule has 23 heavy (non-hydrogen) atoms. The fraction of sp³-hybridized carbons (Fsp3) is 0.882. The standard InChI is InChI=1S/C17H33NO4Si/c1-9-21-17(20)15-14(16(19)18-15)13(8)22-23(10(2)3,11(4)5)12(6)7/h10-15H,9H2,1-8H3,(H,18,19)/t13-,14+,15?/m1/s1. The number of esters is 1. The van der Waals surface area contributed by atoms with Crippen molar-refractivity contribution in [2.45, 2.75) is 84.2 Å². The number of hydrogen-bond acceptors (Lipinski definition) is 4. The molecule has 5 nitrogen and oxygen atoms in total. The highest BCUT2D eigenvalue weighted by Crippen LogP contribution is 2.44. The van der Waals surface area contributed by atoms with Gasteiger partial charge in [0.1, 0.15) is 6.04 Å². The number of hydrogen-bond donors (Lipinski definition) is 1. The minimum absolute atomic E-state index is 0.116. The van der Waals surface area contributed by atoms with Crippen LogP contribution >= 0.6 is 0 Å². The molecule has 1 amide bonds. The van der Waals surface area contributed by atoms with E-state index < -0.39 is 20.3 Å². The summed E-state index contributed by atoms with van der Waals surface area (Å²) < 4.78 is 11.7. The molecular weight excluding hydrogens is 310 g/mol. The molecule has 0 aliphatic carbocycles. The maximum atomic E-state index is 12.0. The summed E-state index contributed by atoms with van der Waals surface area (Å²) in [6.07, 6.45) is -0.281. The second kappa shape index (κ2) is 7.79. The lowest BCUT2D eigenvalue weighted by Gasteiger charge is -2.47. The Labute approximate surface area is 141 Å². The minimum atomic E-state index is -2.08. The van der Waals surface area contributed by atoms with Crippen molar-refractivity contribution in [2.24, 2.45) is 5.92 Å². The highest BCUT2D eigenvalue weighted by molar-refractivity contribution is 6.77. The number of rotatable bonds is 8. The summed E-state index contributed by atoms with van der Waals surface area (Å²) in [7, 11) is -2.08. The zero-order valence-corrected chi connectivity index (χ0v) is 16.8. The zero-order chi connectivity index (χ0) is 17.9. The molecule has 1 rings (SSSR count). The van der Waals surface area contributed by atoms with Gasteiger partial charge in [0.25, 0.3) is 0 Å². The van der Waals surface area contributed by atoms with Gasteiger partial charge in [-0.25, -0.2) is 4.79 Å². The number of nitrogens with one attached hydrogen (secondary N) is 1. The van der Waals surface area contributed by atoms with Gasteiger partial charge in [-0.15, -0.1) is 0 Å². The van der Waals surface area contributed by atoms with Crippen LogP contribution in [0.25, 0.3) is 0 Å². The van der Waals surface area contributed by atoms with E-state index in [0.29, 0.717) is 23.2 Å². The highest BCUT2D eigenvalue weighted by Gasteiger charge is 2.53. The second-order valence-corrected chi connectivity index (χ2v) is 12.8. The number of β-lactam (4-membered cyclic amide) rings is 1. The largest absolute Gasteiger partial charge is 0.464 e. The fourth-order valence-electron chi connectivity index (χ4n) is 4.12. The lowest BCUT2D eigenvalue weighted by Crippen LogP contribution is -2.67. The van der Waals surface area contributed by atoms with Crippen LogP contribution in [0.1, 0.15) is 55.4 Å². The van der Waals surface area contributed by atoms with Crippen molar-refractivity contribution >= 4 is 20.2 Å². The van der Waals surface area contributed by atoms with Gasteiger partial charge in [0.15, 0.2) is 0 Å². The third-order valence-corrected chi connectivity index (χ3v) is 11.3. The van der Waals surface area contributed by atoms with Crippen LogP contribution in [0.3, 0.4) is 0 Å². The number of carbonyl (C=O) groups is 2. The Kier molecular flexibility index (Phi) is 6.83. The summed E-state index contributed by atoms with van der Waals surface area (Å²) in [5, 5.41) is 2.65. The van der Waals surface area contributed by atoms with Crippen LogP contribution < -0.4 is 5.32 Å². The van der Waals surface area contributed by atoms with Crippen molar-refractivity contribution < 1.29 is 18.8 Å². The van der Waals surface area contributed by atoms with Crippen LogP contribution in [0.4, 0.5) is 0 Å². The van der Waals surface area contributed by atoms with Gasteiger partial charge in [-0.3, -0.25) is 4.79 Å². The van der Waals surface area contributed by atoms with E-state index in [1.807, 2.05) is 6.92 Å². The van der Waals surface area contributed by atoms with Gasteiger partial charge in [0.2, 0.25) is 14.2 Å². The van der Waals surface area contributed by atoms with Crippen molar-refractivity contribution in [2.75, 3.05) is 6.61 Å². The maximum absolute atomic E-state index is 12.0. The molecule has 0 aromatic heterocycles. The van der Waals surface area contributed by atoms with E-state index in [9.17, 15) is 9.59 Å². The molecule has 0 spiro atoms. The van der Waals surface area contributed by atoms with Crippen LogP contribution in [-0.2, 0) is 18.8 Å². The summed E-state index contributed by atoms with van der Waals surface area (Å²) in [6, 6.07) is -0.573. The van der Waals surface area contributed by atoms with E-state index in [0.717, 1.165) is 0 Å². The average molecular weight is 344 g/mol. The Morgan fingerprint density at radius 3 is 1.91 bits per heavy atom. The van der Waals surface area contributed by atoms with E-state index in [2.05, 4.69) is 46.9 Å². The summed E-state index contributed by atoms with van der Waals surface area (Å²) in [5.74, 6) is -0.926. The molecule has 1 N–H and O–H groups in total. The molecule has 1 heterocycles. The van der Waals surface area contributed by atoms with E-state index in [1.165, 1.54) is 0 Å². The Bertz CT molecular complexity index is 415. The van der Waals surface area contributed by atoms with Crippen molar-refractivity contribution in [1.29, 1.82) is 0 Å². The minimum Gasteiger partial charge on any atom is -0.464 e. The first-order chi connectivity index (χ1) is 10.6. The van der Waals surface area contributed by atoms with E-state index >= 15 is 0 Å². The Hall–Kier alpha value is -0.883. The summed E-state index contributed by atoms with van der Waals surface area (Å²) in [5.41, 5.74) is 1.32. The first kappa shape index (κ1) is 20.2. The third-order valence-electron chi connectivity index (χ3n) is 5.10. The van der Waals surface area contributed by atoms with Crippen molar-refractivity contribution in [3.05, 3.63) is 0 Å². The molecule has 1 fully saturated rings. The Balaban J connectivity index is 2.96. The number of carbonyl (C=O) groups excluding carboxylic acids is 2. The molecule has 0 saturated carbocycles. The third kappa shape index (κ3) is 3.79. The van der Waals surface area contributed by atoms with Crippen LogP contribution in [0, 0.1) is 5.92 Å². The maximum Gasteiger partial charge on any atom is 0.329 e. The molecule has 3 atom stereocenters. The average Bonchev–Trinajstić information content (AvgIpc) is 2.40. The van der Waals surface area contributed by atoms with E-state index in [-0.39, 0.29) is 18.0 Å². The SMILES string of the molecule is CCOC(=O)C1NC(=O)[C@H]1[C@@H](C)O[Si](C(C)C)(C(C)C)C(C)C. The summed E-state index contributed by atoms with van der Waals surface area (Å²) in [4.78, 5) is 24.0. The lowest BCUT2D eigenvalue weighted by molar-refractivity contribution is -0.161. The number of amides is 1. The van der Waals surface area contributed by atoms with Crippen molar-refractivity contribution in [3.8, 4) is 0 Å². The van der Waals surface area contributed by atoms with Crippen LogP contribution in [0.2, 0.25) is 16.6 Å². The number of ether oxygens (including phenoxy) is 1. The quantitative estimate of drug-likeness (QED) is 0.417. The van der Waals surface area contributed by atoms with Crippen LogP contribution in [0.15, 0.2) is 0 Å². The molecule has 1 aliphatic rings. The molecule has 1 saturated heterocycles.